The number of carbonyl (C=O) groups excluding carboxylic acids is 4. The second-order valence-electron chi connectivity index (χ2n) is 9.84. The van der Waals surface area contributed by atoms with Gasteiger partial charge in [-0.25, -0.2) is 9.18 Å². The number of nitrogens with one attached hydrogen (secondary N) is 4. The van der Waals surface area contributed by atoms with E-state index in [4.69, 9.17) is 10.00 Å². The first-order valence-corrected chi connectivity index (χ1v) is 14.5. The molecule has 0 aromatic heterocycles. The number of benzene rings is 2. The molecule has 0 radical (unpaired) electrons. The molecule has 1 aliphatic carbocycles. The zero-order chi connectivity index (χ0) is 30.1. The number of rotatable bonds is 13. The quantitative estimate of drug-likeness (QED) is 0.143. The van der Waals surface area contributed by atoms with Gasteiger partial charge in [0.1, 0.15) is 11.9 Å². The molecule has 218 valence electrons. The van der Waals surface area contributed by atoms with Gasteiger partial charge < -0.3 is 30.9 Å². The number of anilines is 3. The average molecular weight is 679 g/mol. The number of hydrogen-bond donors (Lipinski definition) is 4. The molecule has 1 saturated carbocycles. The van der Waals surface area contributed by atoms with Crippen molar-refractivity contribution in [1.29, 1.82) is 5.26 Å². The molecule has 4 N–H and O–H groups in total. The first-order valence-electron chi connectivity index (χ1n) is 13.0. The highest BCUT2D eigenvalue weighted by atomic mass is 127. The Morgan fingerprint density at radius 3 is 2.49 bits per heavy atom. The summed E-state index contributed by atoms with van der Waals surface area (Å²) in [5.74, 6) is -1.28. The first-order chi connectivity index (χ1) is 19.6. The molecule has 1 atom stereocenters. The Morgan fingerprint density at radius 2 is 1.90 bits per heavy atom. The van der Waals surface area contributed by atoms with E-state index in [-0.39, 0.29) is 39.9 Å². The summed E-state index contributed by atoms with van der Waals surface area (Å²) < 4.78 is 19.7. The highest BCUT2D eigenvalue weighted by Gasteiger charge is 2.25. The largest absolute Gasteiger partial charge is 0.356 e. The molecule has 2 aromatic carbocycles. The monoisotopic (exact) mass is 678 g/mol. The Morgan fingerprint density at radius 1 is 1.17 bits per heavy atom. The van der Waals surface area contributed by atoms with Crippen LogP contribution in [0.15, 0.2) is 30.3 Å². The van der Waals surface area contributed by atoms with Crippen LogP contribution in [0.4, 0.5) is 26.2 Å². The van der Waals surface area contributed by atoms with Crippen LogP contribution in [-0.2, 0) is 14.3 Å². The van der Waals surface area contributed by atoms with Crippen molar-refractivity contribution < 1.29 is 28.3 Å². The van der Waals surface area contributed by atoms with Gasteiger partial charge in [-0.2, -0.15) is 5.26 Å². The molecule has 1 unspecified atom stereocenters. The van der Waals surface area contributed by atoms with Gasteiger partial charge in [-0.3, -0.25) is 14.4 Å². The number of amides is 5. The average Bonchev–Trinajstić information content (AvgIpc) is 3.75. The summed E-state index contributed by atoms with van der Waals surface area (Å²) in [6.45, 7) is 5.52. The third-order valence-electron chi connectivity index (χ3n) is 6.37. The van der Waals surface area contributed by atoms with E-state index in [9.17, 15) is 23.6 Å². The van der Waals surface area contributed by atoms with Gasteiger partial charge in [0.05, 0.1) is 28.0 Å². The second-order valence-corrected chi connectivity index (χ2v) is 10.5. The van der Waals surface area contributed by atoms with Crippen molar-refractivity contribution in [3.05, 3.63) is 52.8 Å². The fourth-order valence-electron chi connectivity index (χ4n) is 3.98. The Balaban J connectivity index is 1.68. The molecular formula is C28H32FIN6O5. The van der Waals surface area contributed by atoms with Crippen LogP contribution in [0.3, 0.4) is 0 Å². The fourth-order valence-corrected chi connectivity index (χ4v) is 4.41. The van der Waals surface area contributed by atoms with Crippen LogP contribution in [0.5, 0.6) is 0 Å². The van der Waals surface area contributed by atoms with Crippen LogP contribution in [-0.4, -0.2) is 54.1 Å². The smallest absolute Gasteiger partial charge is 0.319 e. The Bertz CT molecular complexity index is 1320. The predicted molar refractivity (Wildman–Crippen MR) is 160 cm³/mol. The minimum Gasteiger partial charge on any atom is -0.356 e. The van der Waals surface area contributed by atoms with Gasteiger partial charge >= 0.3 is 6.03 Å². The normalized spacial score (nSPS) is 13.1. The highest BCUT2D eigenvalue weighted by Crippen LogP contribution is 2.29. The van der Waals surface area contributed by atoms with Gasteiger partial charge in [0.2, 0.25) is 6.41 Å². The van der Waals surface area contributed by atoms with Crippen molar-refractivity contribution in [2.45, 2.75) is 45.8 Å². The predicted octanol–water partition coefficient (Wildman–Crippen LogP) is 4.05. The van der Waals surface area contributed by atoms with E-state index in [0.29, 0.717) is 35.8 Å². The lowest BCUT2D eigenvalue weighted by molar-refractivity contribution is -0.125. The van der Waals surface area contributed by atoms with Crippen LogP contribution in [0.2, 0.25) is 0 Å². The van der Waals surface area contributed by atoms with Crippen molar-refractivity contribution >= 4 is 63.9 Å². The number of aryl methyl sites for hydroxylation is 1. The molecule has 41 heavy (non-hydrogen) atoms. The molecule has 0 aliphatic heterocycles. The van der Waals surface area contributed by atoms with Crippen molar-refractivity contribution in [3.8, 4) is 6.07 Å². The van der Waals surface area contributed by atoms with Crippen molar-refractivity contribution in [1.82, 2.24) is 10.6 Å². The van der Waals surface area contributed by atoms with Crippen LogP contribution in [0, 0.1) is 30.0 Å². The van der Waals surface area contributed by atoms with Crippen LogP contribution in [0.1, 0.15) is 48.2 Å². The van der Waals surface area contributed by atoms with E-state index in [1.807, 2.05) is 36.4 Å². The highest BCUT2D eigenvalue weighted by molar-refractivity contribution is 14.1. The van der Waals surface area contributed by atoms with Crippen LogP contribution in [0.25, 0.3) is 0 Å². The summed E-state index contributed by atoms with van der Waals surface area (Å²) in [4.78, 5) is 51.6. The molecular weight excluding hydrogens is 646 g/mol. The molecule has 2 aromatic rings. The zero-order valence-corrected chi connectivity index (χ0v) is 25.1. The van der Waals surface area contributed by atoms with E-state index in [2.05, 4.69) is 21.3 Å². The molecule has 0 spiro atoms. The number of carbonyl (C=O) groups is 4. The van der Waals surface area contributed by atoms with Gasteiger partial charge in [0.25, 0.3) is 11.8 Å². The molecule has 1 fully saturated rings. The lowest BCUT2D eigenvalue weighted by Crippen LogP contribution is -2.42. The van der Waals surface area contributed by atoms with E-state index in [0.717, 1.165) is 18.9 Å². The summed E-state index contributed by atoms with van der Waals surface area (Å²) in [5, 5.41) is 19.7. The molecule has 0 bridgehead atoms. The summed E-state index contributed by atoms with van der Waals surface area (Å²) in [5.41, 5.74) is 1.35. The Kier molecular flexibility index (Phi) is 11.4. The van der Waals surface area contributed by atoms with E-state index in [1.54, 1.807) is 25.1 Å². The summed E-state index contributed by atoms with van der Waals surface area (Å²) in [7, 11) is 0. The number of urea groups is 1. The Labute approximate surface area is 251 Å². The molecule has 3 rings (SSSR count). The van der Waals surface area contributed by atoms with Gasteiger partial charge in [-0.05, 0) is 75.4 Å². The third kappa shape index (κ3) is 8.86. The maximum Gasteiger partial charge on any atom is 0.319 e. The molecule has 1 aliphatic rings. The number of hydrogen-bond acceptors (Lipinski definition) is 6. The number of nitrogens with zero attached hydrogens (tertiary/aromatic N) is 2. The van der Waals surface area contributed by atoms with E-state index < -0.39 is 23.9 Å². The standard InChI is InChI=1S/C28H32FIN6O5/c1-16(2)36(15-37)24-7-6-19(9-21(24)26(38)32-12-18-4-5-18)35-28(40)33-13-25(41-14-30)27(39)34-20-8-17(3)22(11-31)23(29)10-20/h6-10,15-16,18,25H,4-5,12-14H2,1-3H3,(H,32,38)(H,34,39)(H2,33,35,40). The SMILES string of the molecule is Cc1cc(NC(=O)C(CNC(=O)Nc2ccc(N(C=O)C(C)C)c(C(=O)NCC3CC3)c2)OCI)cc(F)c1C#N. The summed E-state index contributed by atoms with van der Waals surface area (Å²) in [6, 6.07) is 8.06. The van der Waals surface area contributed by atoms with Gasteiger partial charge in [0.15, 0.2) is 6.10 Å². The first kappa shape index (κ1) is 31.8. The molecule has 0 saturated heterocycles. The second kappa shape index (κ2) is 14.7. The fraction of sp³-hybridized carbons (Fsp3) is 0.393. The van der Waals surface area contributed by atoms with Gasteiger partial charge in [-0.1, -0.05) is 22.6 Å². The zero-order valence-electron chi connectivity index (χ0n) is 22.9. The van der Waals surface area contributed by atoms with Gasteiger partial charge in [0, 0.05) is 24.0 Å². The lowest BCUT2D eigenvalue weighted by atomic mass is 10.1. The Hall–Kier alpha value is -3.77. The minimum absolute atomic E-state index is 0.110. The van der Waals surface area contributed by atoms with E-state index in [1.165, 1.54) is 17.0 Å². The van der Waals surface area contributed by atoms with Crippen LogP contribution >= 0.6 is 22.6 Å². The van der Waals surface area contributed by atoms with E-state index >= 15 is 0 Å². The van der Waals surface area contributed by atoms with Gasteiger partial charge in [-0.15, -0.1) is 0 Å². The molecule has 11 nitrogen and oxygen atoms in total. The van der Waals surface area contributed by atoms with Crippen LogP contribution < -0.4 is 26.2 Å². The maximum absolute atomic E-state index is 14.1. The van der Waals surface area contributed by atoms with Crippen molar-refractivity contribution in [2.24, 2.45) is 5.92 Å². The summed E-state index contributed by atoms with van der Waals surface area (Å²) >= 11 is 1.91. The number of ether oxygens (including phenoxy) is 1. The minimum atomic E-state index is -1.10. The molecule has 5 amide bonds. The molecule has 0 heterocycles. The lowest BCUT2D eigenvalue weighted by Gasteiger charge is -2.25. The summed E-state index contributed by atoms with van der Waals surface area (Å²) in [6.07, 6.45) is 1.68. The number of nitriles is 1. The molecule has 13 heteroatoms. The number of halogens is 2. The van der Waals surface area contributed by atoms with Crippen molar-refractivity contribution in [3.63, 3.8) is 0 Å². The third-order valence-corrected chi connectivity index (χ3v) is 6.73. The van der Waals surface area contributed by atoms with Crippen molar-refractivity contribution in [2.75, 3.05) is 33.2 Å². The maximum atomic E-state index is 14.1. The number of alkyl halides is 1. The topological polar surface area (TPSA) is 153 Å².